The summed E-state index contributed by atoms with van der Waals surface area (Å²) in [4.78, 5) is 31.2. The number of urea groups is 1. The van der Waals surface area contributed by atoms with E-state index in [1.54, 1.807) is 13.1 Å². The Labute approximate surface area is 207 Å². The topological polar surface area (TPSA) is 122 Å². The van der Waals surface area contributed by atoms with E-state index >= 15 is 0 Å². The van der Waals surface area contributed by atoms with Crippen LogP contribution in [0.15, 0.2) is 30.7 Å². The number of carbonyl (C=O) groups is 2. The Bertz CT molecular complexity index is 1270. The molecule has 5 rings (SSSR count). The molecule has 3 aromatic rings. The van der Waals surface area contributed by atoms with Crippen molar-refractivity contribution in [3.8, 4) is 11.6 Å². The van der Waals surface area contributed by atoms with Crippen LogP contribution in [0.1, 0.15) is 28.8 Å². The lowest BCUT2D eigenvalue weighted by molar-refractivity contribution is 0.0383. The minimum Gasteiger partial charge on any atom is -0.437 e. The van der Waals surface area contributed by atoms with Gasteiger partial charge in [0.15, 0.2) is 0 Å². The summed E-state index contributed by atoms with van der Waals surface area (Å²) < 4.78 is 27.3. The van der Waals surface area contributed by atoms with E-state index in [-0.39, 0.29) is 29.3 Å². The number of anilines is 1. The molecule has 1 aromatic carbocycles. The number of hydrogen-bond acceptors (Lipinski definition) is 7. The fourth-order valence-corrected chi connectivity index (χ4v) is 4.02. The number of morpholine rings is 1. The lowest BCUT2D eigenvalue weighted by atomic mass is 10.2. The summed E-state index contributed by atoms with van der Waals surface area (Å²) in [5.41, 5.74) is 1.64. The van der Waals surface area contributed by atoms with Gasteiger partial charge in [0.05, 0.1) is 24.5 Å². The van der Waals surface area contributed by atoms with Gasteiger partial charge in [0.25, 0.3) is 5.91 Å². The highest BCUT2D eigenvalue weighted by atomic mass is 19.1. The normalized spacial score (nSPS) is 16.1. The van der Waals surface area contributed by atoms with Crippen molar-refractivity contribution < 1.29 is 23.5 Å². The molecule has 12 heteroatoms. The number of aromatic nitrogens is 3. The van der Waals surface area contributed by atoms with Crippen molar-refractivity contribution in [2.45, 2.75) is 25.8 Å². The van der Waals surface area contributed by atoms with E-state index in [0.29, 0.717) is 36.4 Å². The molecule has 2 aromatic heterocycles. The van der Waals surface area contributed by atoms with Crippen LogP contribution in [0.25, 0.3) is 5.52 Å². The summed E-state index contributed by atoms with van der Waals surface area (Å²) in [7, 11) is 0. The monoisotopic (exact) mass is 497 g/mol. The van der Waals surface area contributed by atoms with E-state index in [9.17, 15) is 14.0 Å². The van der Waals surface area contributed by atoms with Crippen LogP contribution in [-0.4, -0.2) is 76.9 Å². The summed E-state index contributed by atoms with van der Waals surface area (Å²) >= 11 is 0. The van der Waals surface area contributed by atoms with Crippen molar-refractivity contribution in [1.82, 2.24) is 30.1 Å². The number of hydrogen-bond donors (Lipinski definition) is 3. The number of carbonyl (C=O) groups excluding carboxylic acids is 2. The maximum absolute atomic E-state index is 14.6. The number of nitrogens with zero attached hydrogens (tertiary/aromatic N) is 4. The first kappa shape index (κ1) is 23.9. The van der Waals surface area contributed by atoms with Gasteiger partial charge in [-0.15, -0.1) is 0 Å². The van der Waals surface area contributed by atoms with Crippen molar-refractivity contribution in [2.24, 2.45) is 0 Å². The molecule has 0 unspecified atom stereocenters. The van der Waals surface area contributed by atoms with Crippen LogP contribution in [-0.2, 0) is 4.74 Å². The van der Waals surface area contributed by atoms with Crippen LogP contribution in [0.2, 0.25) is 0 Å². The van der Waals surface area contributed by atoms with Gasteiger partial charge >= 0.3 is 6.03 Å². The van der Waals surface area contributed by atoms with Gasteiger partial charge in [0.2, 0.25) is 5.88 Å². The lowest BCUT2D eigenvalue weighted by Gasteiger charge is -2.26. The maximum atomic E-state index is 14.6. The number of aryl methyl sites for hydroxylation is 1. The molecule has 1 aliphatic carbocycles. The molecule has 3 N–H and O–H groups in total. The second kappa shape index (κ2) is 10.5. The zero-order chi connectivity index (χ0) is 25.1. The Morgan fingerprint density at radius 2 is 2.06 bits per heavy atom. The summed E-state index contributed by atoms with van der Waals surface area (Å²) in [6, 6.07) is 3.85. The van der Waals surface area contributed by atoms with Crippen molar-refractivity contribution >= 4 is 23.1 Å². The fraction of sp³-hybridized carbons (Fsp3) is 0.417. The minimum absolute atomic E-state index is 0.0447. The number of benzene rings is 1. The molecule has 0 spiro atoms. The molecular weight excluding hydrogens is 469 g/mol. The molecular formula is C24H28FN7O4. The van der Waals surface area contributed by atoms with Crippen molar-refractivity contribution in [3.05, 3.63) is 47.7 Å². The maximum Gasteiger partial charge on any atom is 0.319 e. The molecule has 3 heterocycles. The number of fused-ring (bicyclic) bond motifs is 1. The number of halogens is 1. The lowest BCUT2D eigenvalue weighted by Crippen LogP contribution is -2.41. The average Bonchev–Trinajstić information content (AvgIpc) is 3.61. The molecule has 1 saturated carbocycles. The number of nitrogens with one attached hydrogen (secondary N) is 3. The Balaban J connectivity index is 1.27. The van der Waals surface area contributed by atoms with Crippen molar-refractivity contribution in [1.29, 1.82) is 0 Å². The van der Waals surface area contributed by atoms with Gasteiger partial charge in [0.1, 0.15) is 23.4 Å². The number of ether oxygens (including phenoxy) is 2. The number of amides is 3. The molecule has 2 fully saturated rings. The van der Waals surface area contributed by atoms with Gasteiger partial charge in [-0.05, 0) is 37.5 Å². The quantitative estimate of drug-likeness (QED) is 0.437. The van der Waals surface area contributed by atoms with Crippen LogP contribution >= 0.6 is 0 Å². The van der Waals surface area contributed by atoms with Crippen LogP contribution in [0.4, 0.5) is 14.9 Å². The molecule has 1 saturated heterocycles. The standard InChI is InChI=1S/C24H28FN7O4/c1-15-18(22(33)26-6-7-31-8-10-35-11-9-31)13-32-21(15)23(27-14-28-32)36-17-4-5-20(19(25)12-17)30-24(34)29-16-2-3-16/h4-5,12-14,16H,2-3,6-11H2,1H3,(H,26,33)(H2,29,30,34). The molecule has 36 heavy (non-hydrogen) atoms. The van der Waals surface area contributed by atoms with Gasteiger partial charge in [-0.2, -0.15) is 10.1 Å². The van der Waals surface area contributed by atoms with Crippen LogP contribution in [0.5, 0.6) is 11.6 Å². The molecule has 0 atom stereocenters. The third-order valence-corrected chi connectivity index (χ3v) is 6.17. The SMILES string of the molecule is Cc1c(C(=O)NCCN2CCOCC2)cn2ncnc(Oc3ccc(NC(=O)NC4CC4)c(F)c3)c12. The van der Waals surface area contributed by atoms with E-state index in [4.69, 9.17) is 9.47 Å². The second-order valence-electron chi connectivity index (χ2n) is 8.85. The molecule has 0 radical (unpaired) electrons. The van der Waals surface area contributed by atoms with Gasteiger partial charge in [-0.25, -0.2) is 13.7 Å². The molecule has 11 nitrogen and oxygen atoms in total. The first-order valence-electron chi connectivity index (χ1n) is 11.9. The molecule has 190 valence electrons. The summed E-state index contributed by atoms with van der Waals surface area (Å²) in [5.74, 6) is -0.487. The fourth-order valence-electron chi connectivity index (χ4n) is 4.02. The van der Waals surface area contributed by atoms with E-state index < -0.39 is 11.8 Å². The molecule has 1 aliphatic heterocycles. The highest BCUT2D eigenvalue weighted by Gasteiger charge is 2.24. The summed E-state index contributed by atoms with van der Waals surface area (Å²) in [6.07, 6.45) is 4.80. The Morgan fingerprint density at radius 1 is 1.25 bits per heavy atom. The van der Waals surface area contributed by atoms with E-state index in [1.165, 1.54) is 29.0 Å². The van der Waals surface area contributed by atoms with Crippen molar-refractivity contribution in [2.75, 3.05) is 44.7 Å². The van der Waals surface area contributed by atoms with E-state index in [1.807, 2.05) is 0 Å². The van der Waals surface area contributed by atoms with Gasteiger partial charge < -0.3 is 25.4 Å². The molecule has 3 amide bonds. The third kappa shape index (κ3) is 5.55. The third-order valence-electron chi connectivity index (χ3n) is 6.17. The Hall–Kier alpha value is -3.77. The number of rotatable bonds is 8. The Morgan fingerprint density at radius 3 is 2.81 bits per heavy atom. The summed E-state index contributed by atoms with van der Waals surface area (Å²) in [5, 5.41) is 12.4. The minimum atomic E-state index is -0.643. The summed E-state index contributed by atoms with van der Waals surface area (Å²) in [6.45, 7) is 6.16. The molecule has 2 aliphatic rings. The zero-order valence-electron chi connectivity index (χ0n) is 19.9. The largest absolute Gasteiger partial charge is 0.437 e. The predicted octanol–water partition coefficient (Wildman–Crippen LogP) is 2.32. The van der Waals surface area contributed by atoms with Crippen LogP contribution in [0.3, 0.4) is 0 Å². The van der Waals surface area contributed by atoms with Gasteiger partial charge in [-0.3, -0.25) is 9.69 Å². The first-order chi connectivity index (χ1) is 17.5. The first-order valence-corrected chi connectivity index (χ1v) is 11.9. The van der Waals surface area contributed by atoms with Crippen LogP contribution in [0, 0.1) is 12.7 Å². The van der Waals surface area contributed by atoms with E-state index in [0.717, 1.165) is 32.5 Å². The van der Waals surface area contributed by atoms with Gasteiger partial charge in [-0.1, -0.05) is 0 Å². The average molecular weight is 498 g/mol. The van der Waals surface area contributed by atoms with Gasteiger partial charge in [0, 0.05) is 44.5 Å². The zero-order valence-corrected chi connectivity index (χ0v) is 19.9. The smallest absolute Gasteiger partial charge is 0.319 e. The van der Waals surface area contributed by atoms with Crippen molar-refractivity contribution in [3.63, 3.8) is 0 Å². The predicted molar refractivity (Wildman–Crippen MR) is 129 cm³/mol. The highest BCUT2D eigenvalue weighted by molar-refractivity contribution is 5.98. The Kier molecular flexibility index (Phi) is 6.96. The highest BCUT2D eigenvalue weighted by Crippen LogP contribution is 2.30. The van der Waals surface area contributed by atoms with E-state index in [2.05, 4.69) is 30.9 Å². The van der Waals surface area contributed by atoms with Crippen LogP contribution < -0.4 is 20.7 Å². The second-order valence-corrected chi connectivity index (χ2v) is 8.85. The molecule has 0 bridgehead atoms.